The number of carbonyl (C=O) groups excluding carboxylic acids is 1. The van der Waals surface area contributed by atoms with E-state index in [1.54, 1.807) is 0 Å². The molecule has 94 valence electrons. The van der Waals surface area contributed by atoms with Crippen LogP contribution in [0.25, 0.3) is 0 Å². The van der Waals surface area contributed by atoms with E-state index in [0.29, 0.717) is 19.8 Å². The van der Waals surface area contributed by atoms with Crippen molar-refractivity contribution >= 4 is 34.3 Å². The Morgan fingerprint density at radius 2 is 2.29 bits per heavy atom. The van der Waals surface area contributed by atoms with Crippen LogP contribution in [0.5, 0.6) is 0 Å². The van der Waals surface area contributed by atoms with Crippen molar-refractivity contribution < 1.29 is 9.53 Å². The summed E-state index contributed by atoms with van der Waals surface area (Å²) in [5, 5.41) is 5.55. The van der Waals surface area contributed by atoms with Gasteiger partial charge in [-0.05, 0) is 54.1 Å². The maximum Gasteiger partial charge on any atom is 0.319 e. The fraction of sp³-hybridized carbons (Fsp3) is 0.417. The third-order valence-corrected chi connectivity index (χ3v) is 2.71. The second kappa shape index (κ2) is 8.30. The van der Waals surface area contributed by atoms with Gasteiger partial charge >= 0.3 is 6.03 Å². The van der Waals surface area contributed by atoms with Crippen molar-refractivity contribution in [2.75, 3.05) is 25.1 Å². The minimum Gasteiger partial charge on any atom is -0.382 e. The summed E-state index contributed by atoms with van der Waals surface area (Å²) in [5.74, 6) is 0. The molecule has 2 N–H and O–H groups in total. The molecule has 0 unspecified atom stereocenters. The predicted octanol–water partition coefficient (Wildman–Crippen LogP) is 2.84. The van der Waals surface area contributed by atoms with Gasteiger partial charge in [-0.1, -0.05) is 6.07 Å². The molecule has 0 bridgehead atoms. The first kappa shape index (κ1) is 14.2. The summed E-state index contributed by atoms with van der Waals surface area (Å²) in [6.45, 7) is 3.97. The first-order valence-electron chi connectivity index (χ1n) is 5.60. The molecule has 2 amide bonds. The quantitative estimate of drug-likeness (QED) is 0.614. The highest BCUT2D eigenvalue weighted by Gasteiger charge is 2.00. The summed E-state index contributed by atoms with van der Waals surface area (Å²) in [5.41, 5.74) is 0.805. The largest absolute Gasteiger partial charge is 0.382 e. The molecule has 4 nitrogen and oxygen atoms in total. The number of hydrogen-bond acceptors (Lipinski definition) is 2. The Balaban J connectivity index is 2.21. The van der Waals surface area contributed by atoms with Gasteiger partial charge in [-0.25, -0.2) is 4.79 Å². The standard InChI is InChI=1S/C12H17IN2O2/c1-2-17-8-4-7-14-12(16)15-11-6-3-5-10(13)9-11/h3,5-6,9H,2,4,7-8H2,1H3,(H2,14,15,16). The number of nitrogens with one attached hydrogen (secondary N) is 2. The summed E-state index contributed by atoms with van der Waals surface area (Å²) in [7, 11) is 0. The highest BCUT2D eigenvalue weighted by atomic mass is 127. The minimum atomic E-state index is -0.177. The van der Waals surface area contributed by atoms with Gasteiger partial charge in [0.05, 0.1) is 0 Å². The topological polar surface area (TPSA) is 50.4 Å². The molecule has 0 aromatic heterocycles. The fourth-order valence-corrected chi connectivity index (χ4v) is 1.81. The average Bonchev–Trinajstić information content (AvgIpc) is 2.29. The van der Waals surface area contributed by atoms with E-state index in [0.717, 1.165) is 15.7 Å². The van der Waals surface area contributed by atoms with Gasteiger partial charge in [0.1, 0.15) is 0 Å². The van der Waals surface area contributed by atoms with Crippen LogP contribution in [0.2, 0.25) is 0 Å². The van der Waals surface area contributed by atoms with Crippen molar-refractivity contribution in [1.82, 2.24) is 5.32 Å². The smallest absolute Gasteiger partial charge is 0.319 e. The van der Waals surface area contributed by atoms with Crippen molar-refractivity contribution in [3.8, 4) is 0 Å². The molecule has 1 aromatic carbocycles. The number of benzene rings is 1. The number of rotatable bonds is 6. The molecule has 17 heavy (non-hydrogen) atoms. The Morgan fingerprint density at radius 3 is 3.00 bits per heavy atom. The fourth-order valence-electron chi connectivity index (χ4n) is 1.26. The Morgan fingerprint density at radius 1 is 1.47 bits per heavy atom. The lowest BCUT2D eigenvalue weighted by atomic mass is 10.3. The lowest BCUT2D eigenvalue weighted by molar-refractivity contribution is 0.145. The first-order chi connectivity index (χ1) is 8.22. The molecular formula is C12H17IN2O2. The first-order valence-corrected chi connectivity index (χ1v) is 6.68. The maximum absolute atomic E-state index is 11.5. The molecule has 0 radical (unpaired) electrons. The summed E-state index contributed by atoms with van der Waals surface area (Å²) >= 11 is 2.21. The van der Waals surface area contributed by atoms with E-state index < -0.39 is 0 Å². The molecule has 0 spiro atoms. The Hall–Kier alpha value is -0.820. The van der Waals surface area contributed by atoms with Crippen molar-refractivity contribution in [2.45, 2.75) is 13.3 Å². The van der Waals surface area contributed by atoms with E-state index in [9.17, 15) is 4.79 Å². The summed E-state index contributed by atoms with van der Waals surface area (Å²) in [6, 6.07) is 7.49. The number of ether oxygens (including phenoxy) is 1. The van der Waals surface area contributed by atoms with E-state index in [4.69, 9.17) is 4.74 Å². The minimum absolute atomic E-state index is 0.177. The summed E-state index contributed by atoms with van der Waals surface area (Å²) in [4.78, 5) is 11.5. The van der Waals surface area contributed by atoms with Crippen molar-refractivity contribution in [1.29, 1.82) is 0 Å². The van der Waals surface area contributed by atoms with Crippen LogP contribution in [-0.2, 0) is 4.74 Å². The maximum atomic E-state index is 11.5. The van der Waals surface area contributed by atoms with Gasteiger partial charge in [0.15, 0.2) is 0 Å². The van der Waals surface area contributed by atoms with Crippen LogP contribution in [0, 0.1) is 3.57 Å². The van der Waals surface area contributed by atoms with Crippen LogP contribution in [0.1, 0.15) is 13.3 Å². The number of hydrogen-bond donors (Lipinski definition) is 2. The van der Waals surface area contributed by atoms with E-state index >= 15 is 0 Å². The molecule has 0 fully saturated rings. The van der Waals surface area contributed by atoms with Crippen molar-refractivity contribution in [3.63, 3.8) is 0 Å². The van der Waals surface area contributed by atoms with Gasteiger partial charge in [0.25, 0.3) is 0 Å². The van der Waals surface area contributed by atoms with Crippen LogP contribution in [0.15, 0.2) is 24.3 Å². The van der Waals surface area contributed by atoms with E-state index in [2.05, 4.69) is 33.2 Å². The lowest BCUT2D eigenvalue weighted by Crippen LogP contribution is -2.30. The third-order valence-electron chi connectivity index (χ3n) is 2.04. The second-order valence-electron chi connectivity index (χ2n) is 3.44. The number of urea groups is 1. The molecular weight excluding hydrogens is 331 g/mol. The molecule has 0 aliphatic carbocycles. The van der Waals surface area contributed by atoms with Crippen molar-refractivity contribution in [2.24, 2.45) is 0 Å². The molecule has 0 saturated heterocycles. The molecule has 0 heterocycles. The molecule has 0 saturated carbocycles. The SMILES string of the molecule is CCOCCCNC(=O)Nc1cccc(I)c1. The molecule has 0 aliphatic heterocycles. The van der Waals surface area contributed by atoms with E-state index in [1.807, 2.05) is 31.2 Å². The Labute approximate surface area is 115 Å². The van der Waals surface area contributed by atoms with Crippen LogP contribution in [0.4, 0.5) is 10.5 Å². The van der Waals surface area contributed by atoms with Crippen LogP contribution >= 0.6 is 22.6 Å². The monoisotopic (exact) mass is 348 g/mol. The molecule has 5 heteroatoms. The van der Waals surface area contributed by atoms with Gasteiger partial charge in [0.2, 0.25) is 0 Å². The van der Waals surface area contributed by atoms with E-state index in [1.165, 1.54) is 0 Å². The predicted molar refractivity (Wildman–Crippen MR) is 77.3 cm³/mol. The second-order valence-corrected chi connectivity index (χ2v) is 4.69. The van der Waals surface area contributed by atoms with Crippen LogP contribution < -0.4 is 10.6 Å². The normalized spacial score (nSPS) is 10.0. The Bertz CT molecular complexity index is 358. The zero-order valence-electron chi connectivity index (χ0n) is 9.83. The zero-order valence-corrected chi connectivity index (χ0v) is 12.0. The van der Waals surface area contributed by atoms with Gasteiger partial charge in [0, 0.05) is 29.0 Å². The lowest BCUT2D eigenvalue weighted by Gasteiger charge is -2.07. The van der Waals surface area contributed by atoms with E-state index in [-0.39, 0.29) is 6.03 Å². The zero-order chi connectivity index (χ0) is 12.5. The molecule has 0 atom stereocenters. The average molecular weight is 348 g/mol. The highest BCUT2D eigenvalue weighted by Crippen LogP contribution is 2.11. The van der Waals surface area contributed by atoms with Gasteiger partial charge < -0.3 is 15.4 Å². The number of amides is 2. The van der Waals surface area contributed by atoms with Gasteiger partial charge in [-0.3, -0.25) is 0 Å². The number of anilines is 1. The Kier molecular flexibility index (Phi) is 6.95. The molecule has 1 aromatic rings. The highest BCUT2D eigenvalue weighted by molar-refractivity contribution is 14.1. The summed E-state index contributed by atoms with van der Waals surface area (Å²) in [6.07, 6.45) is 0.827. The van der Waals surface area contributed by atoms with Crippen molar-refractivity contribution in [3.05, 3.63) is 27.8 Å². The van der Waals surface area contributed by atoms with Crippen LogP contribution in [0.3, 0.4) is 0 Å². The third kappa shape index (κ3) is 6.48. The molecule has 0 aliphatic rings. The van der Waals surface area contributed by atoms with Gasteiger partial charge in [-0.15, -0.1) is 0 Å². The summed E-state index contributed by atoms with van der Waals surface area (Å²) < 4.78 is 6.27. The number of carbonyl (C=O) groups is 1. The van der Waals surface area contributed by atoms with Crippen LogP contribution in [-0.4, -0.2) is 25.8 Å². The van der Waals surface area contributed by atoms with Gasteiger partial charge in [-0.2, -0.15) is 0 Å². The number of halogens is 1. The molecule has 1 rings (SSSR count).